The summed E-state index contributed by atoms with van der Waals surface area (Å²) >= 11 is 0. The molecule has 0 heterocycles. The Morgan fingerprint density at radius 2 is 1.67 bits per heavy atom. The maximum atomic E-state index is 13.4. The van der Waals surface area contributed by atoms with Crippen LogP contribution in [-0.4, -0.2) is 57.1 Å². The van der Waals surface area contributed by atoms with Gasteiger partial charge >= 0.3 is 0 Å². The van der Waals surface area contributed by atoms with E-state index in [0.717, 1.165) is 18.2 Å². The van der Waals surface area contributed by atoms with E-state index in [1.165, 1.54) is 4.31 Å². The minimum Gasteiger partial charge on any atom is -0.494 e. The van der Waals surface area contributed by atoms with Crippen molar-refractivity contribution in [2.45, 2.75) is 59.0 Å². The minimum absolute atomic E-state index is 0.118. The molecule has 0 spiro atoms. The van der Waals surface area contributed by atoms with Gasteiger partial charge in [0.1, 0.15) is 11.8 Å². The van der Waals surface area contributed by atoms with Gasteiger partial charge in [-0.2, -0.15) is 0 Å². The molecule has 0 aromatic heterocycles. The predicted molar refractivity (Wildman–Crippen MR) is 143 cm³/mol. The Morgan fingerprint density at radius 1 is 1.00 bits per heavy atom. The van der Waals surface area contributed by atoms with Crippen LogP contribution in [0.5, 0.6) is 5.75 Å². The zero-order valence-corrected chi connectivity index (χ0v) is 22.6. The smallest absolute Gasteiger partial charge is 0.242 e. The fourth-order valence-electron chi connectivity index (χ4n) is 3.94. The van der Waals surface area contributed by atoms with Crippen LogP contribution < -0.4 is 14.4 Å². The monoisotopic (exact) mass is 517 g/mol. The van der Waals surface area contributed by atoms with Crippen LogP contribution in [0.4, 0.5) is 5.69 Å². The van der Waals surface area contributed by atoms with Crippen molar-refractivity contribution in [3.05, 3.63) is 60.2 Å². The molecule has 0 aliphatic carbocycles. The first-order chi connectivity index (χ1) is 17.2. The van der Waals surface area contributed by atoms with Crippen LogP contribution in [-0.2, 0) is 26.2 Å². The number of sulfonamides is 1. The first-order valence-corrected chi connectivity index (χ1v) is 14.4. The molecule has 0 aliphatic heterocycles. The molecule has 2 aromatic carbocycles. The largest absolute Gasteiger partial charge is 0.494 e. The first-order valence-electron chi connectivity index (χ1n) is 12.5. The molecule has 36 heavy (non-hydrogen) atoms. The molecule has 198 valence electrons. The summed E-state index contributed by atoms with van der Waals surface area (Å²) in [5, 5.41) is 2.90. The van der Waals surface area contributed by atoms with Crippen LogP contribution in [0.2, 0.25) is 0 Å². The Labute approximate surface area is 215 Å². The van der Waals surface area contributed by atoms with E-state index in [0.29, 0.717) is 44.0 Å². The lowest BCUT2D eigenvalue weighted by Crippen LogP contribution is -2.49. The molecule has 2 amide bonds. The second-order valence-corrected chi connectivity index (χ2v) is 10.5. The average molecular weight is 518 g/mol. The van der Waals surface area contributed by atoms with Crippen LogP contribution in [0, 0.1) is 0 Å². The van der Waals surface area contributed by atoms with Gasteiger partial charge in [-0.3, -0.25) is 13.9 Å². The molecular formula is C27H39N3O5S. The highest BCUT2D eigenvalue weighted by Crippen LogP contribution is 2.23. The lowest BCUT2D eigenvalue weighted by atomic mass is 10.1. The van der Waals surface area contributed by atoms with Gasteiger partial charge in [-0.05, 0) is 56.0 Å². The topological polar surface area (TPSA) is 96.0 Å². The van der Waals surface area contributed by atoms with Gasteiger partial charge in [0.15, 0.2) is 0 Å². The van der Waals surface area contributed by atoms with E-state index in [1.807, 2.05) is 51.1 Å². The van der Waals surface area contributed by atoms with E-state index < -0.39 is 16.1 Å². The fraction of sp³-hybridized carbons (Fsp3) is 0.481. The summed E-state index contributed by atoms with van der Waals surface area (Å²) in [6.45, 7) is 7.28. The Balaban J connectivity index is 2.16. The highest BCUT2D eigenvalue weighted by molar-refractivity contribution is 7.92. The van der Waals surface area contributed by atoms with E-state index in [-0.39, 0.29) is 24.8 Å². The second kappa shape index (κ2) is 14.5. The van der Waals surface area contributed by atoms with Gasteiger partial charge in [0.2, 0.25) is 21.8 Å². The van der Waals surface area contributed by atoms with Crippen molar-refractivity contribution in [2.75, 3.05) is 30.3 Å². The third-order valence-corrected chi connectivity index (χ3v) is 6.91. The molecule has 1 atom stereocenters. The van der Waals surface area contributed by atoms with Gasteiger partial charge in [0.25, 0.3) is 0 Å². The summed E-state index contributed by atoms with van der Waals surface area (Å²) in [6, 6.07) is 15.8. The number of carbonyl (C=O) groups is 2. The summed E-state index contributed by atoms with van der Waals surface area (Å²) in [6.07, 6.45) is 2.88. The molecule has 0 saturated carbocycles. The number of benzene rings is 2. The molecule has 0 aliphatic rings. The fourth-order valence-corrected chi connectivity index (χ4v) is 4.91. The normalized spacial score (nSPS) is 12.0. The Kier molecular flexibility index (Phi) is 11.7. The zero-order valence-electron chi connectivity index (χ0n) is 21.8. The van der Waals surface area contributed by atoms with Gasteiger partial charge in [-0.1, -0.05) is 44.2 Å². The highest BCUT2D eigenvalue weighted by Gasteiger charge is 2.28. The number of ether oxygens (including phenoxy) is 1. The first kappa shape index (κ1) is 29.2. The van der Waals surface area contributed by atoms with Crippen molar-refractivity contribution >= 4 is 27.5 Å². The number of anilines is 1. The second-order valence-electron chi connectivity index (χ2n) is 8.59. The molecule has 0 saturated heterocycles. The third kappa shape index (κ3) is 8.86. The third-order valence-electron chi connectivity index (χ3n) is 5.72. The number of carbonyl (C=O) groups excluding carboxylic acids is 2. The molecule has 9 heteroatoms. The van der Waals surface area contributed by atoms with E-state index in [9.17, 15) is 18.0 Å². The number of nitrogens with one attached hydrogen (secondary N) is 1. The molecular weight excluding hydrogens is 478 g/mol. The predicted octanol–water partition coefficient (Wildman–Crippen LogP) is 3.97. The number of hydrogen-bond donors (Lipinski definition) is 1. The van der Waals surface area contributed by atoms with Crippen LogP contribution in [0.15, 0.2) is 54.6 Å². The molecule has 2 aromatic rings. The Hall–Kier alpha value is -3.07. The van der Waals surface area contributed by atoms with Gasteiger partial charge < -0.3 is 15.0 Å². The summed E-state index contributed by atoms with van der Waals surface area (Å²) in [5.41, 5.74) is 1.44. The molecule has 0 unspecified atom stereocenters. The summed E-state index contributed by atoms with van der Waals surface area (Å²) in [5.74, 6) is 0.307. The van der Waals surface area contributed by atoms with Crippen molar-refractivity contribution in [3.8, 4) is 5.75 Å². The average Bonchev–Trinajstić information content (AvgIpc) is 2.86. The summed E-state index contributed by atoms with van der Waals surface area (Å²) in [4.78, 5) is 27.8. The van der Waals surface area contributed by atoms with Gasteiger partial charge in [-0.25, -0.2) is 8.42 Å². The van der Waals surface area contributed by atoms with Crippen LogP contribution in [0.25, 0.3) is 0 Å². The lowest BCUT2D eigenvalue weighted by molar-refractivity contribution is -0.141. The molecule has 8 nitrogen and oxygen atoms in total. The summed E-state index contributed by atoms with van der Waals surface area (Å²) in [7, 11) is -3.55. The van der Waals surface area contributed by atoms with Crippen LogP contribution in [0.1, 0.15) is 52.0 Å². The van der Waals surface area contributed by atoms with Crippen LogP contribution in [0.3, 0.4) is 0 Å². The van der Waals surface area contributed by atoms with E-state index >= 15 is 0 Å². The van der Waals surface area contributed by atoms with Gasteiger partial charge in [0.05, 0.1) is 18.6 Å². The lowest BCUT2D eigenvalue weighted by Gasteiger charge is -2.31. The van der Waals surface area contributed by atoms with Crippen molar-refractivity contribution in [2.24, 2.45) is 0 Å². The quantitative estimate of drug-likeness (QED) is 0.386. The van der Waals surface area contributed by atoms with Gasteiger partial charge in [0, 0.05) is 26.1 Å². The highest BCUT2D eigenvalue weighted by atomic mass is 32.2. The van der Waals surface area contributed by atoms with Crippen molar-refractivity contribution < 1.29 is 22.7 Å². The number of hydrogen-bond acceptors (Lipinski definition) is 5. The standard InChI is InChI=1S/C27H39N3O5S/c1-5-19-28-27(32)25(6-2)29(21-22-12-9-8-10-13-22)26(31)14-11-20-30(36(4,33)34)23-15-17-24(18-16-23)35-7-3/h8-10,12-13,15-18,25H,5-7,11,14,19-21H2,1-4H3,(H,28,32)/t25-/m0/s1. The molecule has 0 bridgehead atoms. The zero-order chi connectivity index (χ0) is 26.6. The van der Waals surface area contributed by atoms with Crippen LogP contribution >= 0.6 is 0 Å². The number of rotatable bonds is 15. The van der Waals surface area contributed by atoms with E-state index in [2.05, 4.69) is 5.32 Å². The Morgan fingerprint density at radius 3 is 2.22 bits per heavy atom. The van der Waals surface area contributed by atoms with E-state index in [4.69, 9.17) is 4.74 Å². The molecule has 1 N–H and O–H groups in total. The number of nitrogens with zero attached hydrogens (tertiary/aromatic N) is 2. The maximum Gasteiger partial charge on any atom is 0.242 e. The maximum absolute atomic E-state index is 13.4. The van der Waals surface area contributed by atoms with Gasteiger partial charge in [-0.15, -0.1) is 0 Å². The Bertz CT molecular complexity index is 1060. The SMILES string of the molecule is CCCNC(=O)[C@H](CC)N(Cc1ccccc1)C(=O)CCCN(c1ccc(OCC)cc1)S(C)(=O)=O. The molecule has 2 rings (SSSR count). The van der Waals surface area contributed by atoms with Crippen molar-refractivity contribution in [1.29, 1.82) is 0 Å². The van der Waals surface area contributed by atoms with Crippen molar-refractivity contribution in [3.63, 3.8) is 0 Å². The number of amides is 2. The minimum atomic E-state index is -3.55. The van der Waals surface area contributed by atoms with Crippen molar-refractivity contribution in [1.82, 2.24) is 10.2 Å². The van der Waals surface area contributed by atoms with E-state index in [1.54, 1.807) is 29.2 Å². The molecule has 0 radical (unpaired) electrons. The molecule has 0 fully saturated rings. The summed E-state index contributed by atoms with van der Waals surface area (Å²) < 4.78 is 31.7.